The van der Waals surface area contributed by atoms with E-state index < -0.39 is 0 Å². The summed E-state index contributed by atoms with van der Waals surface area (Å²) >= 11 is 0. The van der Waals surface area contributed by atoms with Crippen LogP contribution in [0.15, 0.2) is 42.5 Å². The predicted octanol–water partition coefficient (Wildman–Crippen LogP) is 3.03. The van der Waals surface area contributed by atoms with Crippen LogP contribution < -0.4 is 10.1 Å². The Balaban J connectivity index is 2.05. The summed E-state index contributed by atoms with van der Waals surface area (Å²) in [6.45, 7) is 3.34. The average molecular weight is 253 g/mol. The number of benzene rings is 2. The fraction of sp³-hybridized carbons (Fsp3) is 0.188. The van der Waals surface area contributed by atoms with Gasteiger partial charge in [-0.2, -0.15) is 0 Å². The zero-order valence-corrected chi connectivity index (χ0v) is 10.8. The molecule has 0 spiro atoms. The number of aryl methyl sites for hydroxylation is 1. The Morgan fingerprint density at radius 2 is 2.05 bits per heavy atom. The summed E-state index contributed by atoms with van der Waals surface area (Å²) in [6, 6.07) is 13.2. The van der Waals surface area contributed by atoms with Crippen molar-refractivity contribution in [3.05, 3.63) is 59.2 Å². The molecule has 0 aromatic heterocycles. The van der Waals surface area contributed by atoms with E-state index in [9.17, 15) is 4.79 Å². The minimum atomic E-state index is 0.00394. The van der Waals surface area contributed by atoms with E-state index in [4.69, 9.17) is 4.74 Å². The minimum Gasteiger partial charge on any atom is -0.489 e. The molecule has 0 fully saturated rings. The maximum absolute atomic E-state index is 12.6. The maximum atomic E-state index is 12.6. The van der Waals surface area contributed by atoms with Crippen LogP contribution in [-0.2, 0) is 0 Å². The Bertz CT molecular complexity index is 634. The SMILES string of the molecule is Cc1cccc(C(=O)c2cccc3c2OCCN3)c1. The molecule has 3 nitrogen and oxygen atoms in total. The molecule has 3 rings (SSSR count). The molecule has 19 heavy (non-hydrogen) atoms. The van der Waals surface area contributed by atoms with Crippen LogP contribution in [0, 0.1) is 6.92 Å². The van der Waals surface area contributed by atoms with Crippen molar-refractivity contribution in [3.63, 3.8) is 0 Å². The smallest absolute Gasteiger partial charge is 0.196 e. The first-order valence-corrected chi connectivity index (χ1v) is 6.37. The van der Waals surface area contributed by atoms with Crippen molar-refractivity contribution in [2.45, 2.75) is 6.92 Å². The van der Waals surface area contributed by atoms with Crippen LogP contribution >= 0.6 is 0 Å². The van der Waals surface area contributed by atoms with Gasteiger partial charge in [0.05, 0.1) is 11.3 Å². The highest BCUT2D eigenvalue weighted by Gasteiger charge is 2.19. The van der Waals surface area contributed by atoms with Crippen LogP contribution in [0.25, 0.3) is 0 Å². The summed E-state index contributed by atoms with van der Waals surface area (Å²) in [5, 5.41) is 3.24. The second-order valence-corrected chi connectivity index (χ2v) is 4.66. The number of anilines is 1. The van der Waals surface area contributed by atoms with Gasteiger partial charge in [0.1, 0.15) is 6.61 Å². The van der Waals surface area contributed by atoms with Crippen molar-refractivity contribution in [1.29, 1.82) is 0 Å². The van der Waals surface area contributed by atoms with Gasteiger partial charge >= 0.3 is 0 Å². The Hall–Kier alpha value is -2.29. The molecular weight excluding hydrogens is 238 g/mol. The van der Waals surface area contributed by atoms with Crippen LogP contribution in [0.3, 0.4) is 0 Å². The first-order valence-electron chi connectivity index (χ1n) is 6.37. The lowest BCUT2D eigenvalue weighted by Crippen LogP contribution is -2.20. The van der Waals surface area contributed by atoms with Crippen LogP contribution in [-0.4, -0.2) is 18.9 Å². The standard InChI is InChI=1S/C16H15NO2/c1-11-4-2-5-12(10-11)15(18)13-6-3-7-14-16(13)19-9-8-17-14/h2-7,10,17H,8-9H2,1H3. The number of fused-ring (bicyclic) bond motifs is 1. The number of hydrogen-bond acceptors (Lipinski definition) is 3. The molecule has 0 bridgehead atoms. The van der Waals surface area contributed by atoms with Gasteiger partial charge in [-0.15, -0.1) is 0 Å². The van der Waals surface area contributed by atoms with Crippen molar-refractivity contribution in [1.82, 2.24) is 0 Å². The van der Waals surface area contributed by atoms with E-state index in [1.165, 1.54) is 0 Å². The molecular formula is C16H15NO2. The second-order valence-electron chi connectivity index (χ2n) is 4.66. The molecule has 1 aliphatic heterocycles. The molecule has 0 radical (unpaired) electrons. The molecule has 3 heteroatoms. The Morgan fingerprint density at radius 1 is 1.21 bits per heavy atom. The summed E-state index contributed by atoms with van der Waals surface area (Å²) in [5.41, 5.74) is 3.29. The quantitative estimate of drug-likeness (QED) is 0.836. The highest BCUT2D eigenvalue weighted by Crippen LogP contribution is 2.32. The number of hydrogen-bond donors (Lipinski definition) is 1. The van der Waals surface area contributed by atoms with Gasteiger partial charge in [-0.05, 0) is 25.1 Å². The molecule has 0 amide bonds. The Labute approximate surface area is 112 Å². The molecule has 1 aliphatic rings. The van der Waals surface area contributed by atoms with Crippen molar-refractivity contribution in [2.24, 2.45) is 0 Å². The summed E-state index contributed by atoms with van der Waals surface area (Å²) in [4.78, 5) is 12.6. The van der Waals surface area contributed by atoms with E-state index >= 15 is 0 Å². The normalized spacial score (nSPS) is 13.1. The van der Waals surface area contributed by atoms with E-state index in [0.717, 1.165) is 17.8 Å². The van der Waals surface area contributed by atoms with Gasteiger partial charge < -0.3 is 10.1 Å². The highest BCUT2D eigenvalue weighted by molar-refractivity contribution is 6.11. The number of para-hydroxylation sites is 1. The Morgan fingerprint density at radius 3 is 2.89 bits per heavy atom. The van der Waals surface area contributed by atoms with Crippen LogP contribution in [0.1, 0.15) is 21.5 Å². The van der Waals surface area contributed by atoms with Crippen LogP contribution in [0.2, 0.25) is 0 Å². The lowest BCUT2D eigenvalue weighted by molar-refractivity contribution is 0.103. The van der Waals surface area contributed by atoms with Gasteiger partial charge in [-0.3, -0.25) is 4.79 Å². The number of rotatable bonds is 2. The number of carbonyl (C=O) groups is 1. The number of ether oxygens (including phenoxy) is 1. The first-order chi connectivity index (χ1) is 9.25. The Kier molecular flexibility index (Phi) is 2.95. The van der Waals surface area contributed by atoms with Gasteiger partial charge in [-0.25, -0.2) is 0 Å². The zero-order valence-electron chi connectivity index (χ0n) is 10.8. The molecule has 96 valence electrons. The number of nitrogens with one attached hydrogen (secondary N) is 1. The monoisotopic (exact) mass is 253 g/mol. The largest absolute Gasteiger partial charge is 0.489 e. The van der Waals surface area contributed by atoms with Crippen molar-refractivity contribution in [2.75, 3.05) is 18.5 Å². The summed E-state index contributed by atoms with van der Waals surface area (Å²) in [6.07, 6.45) is 0. The number of ketones is 1. The molecule has 1 N–H and O–H groups in total. The lowest BCUT2D eigenvalue weighted by Gasteiger charge is -2.21. The molecule has 0 unspecified atom stereocenters. The van der Waals surface area contributed by atoms with E-state index in [0.29, 0.717) is 23.5 Å². The average Bonchev–Trinajstić information content (AvgIpc) is 2.46. The maximum Gasteiger partial charge on any atom is 0.196 e. The molecule has 0 saturated heterocycles. The van der Waals surface area contributed by atoms with Gasteiger partial charge in [0.2, 0.25) is 0 Å². The molecule has 1 heterocycles. The minimum absolute atomic E-state index is 0.00394. The molecule has 2 aromatic rings. The summed E-state index contributed by atoms with van der Waals surface area (Å²) in [5.74, 6) is 0.671. The topological polar surface area (TPSA) is 38.3 Å². The lowest BCUT2D eigenvalue weighted by atomic mass is 10.00. The highest BCUT2D eigenvalue weighted by atomic mass is 16.5. The third-order valence-electron chi connectivity index (χ3n) is 3.20. The van der Waals surface area contributed by atoms with Crippen LogP contribution in [0.4, 0.5) is 5.69 Å². The van der Waals surface area contributed by atoms with E-state index in [-0.39, 0.29) is 5.78 Å². The van der Waals surface area contributed by atoms with Crippen LogP contribution in [0.5, 0.6) is 5.75 Å². The zero-order chi connectivity index (χ0) is 13.2. The van der Waals surface area contributed by atoms with E-state index in [1.54, 1.807) is 0 Å². The van der Waals surface area contributed by atoms with Gasteiger partial charge in [0.25, 0.3) is 0 Å². The predicted molar refractivity (Wildman–Crippen MR) is 75.0 cm³/mol. The molecule has 0 aliphatic carbocycles. The van der Waals surface area contributed by atoms with Crippen molar-refractivity contribution in [3.8, 4) is 5.75 Å². The fourth-order valence-electron chi connectivity index (χ4n) is 2.29. The van der Waals surface area contributed by atoms with Crippen molar-refractivity contribution < 1.29 is 9.53 Å². The molecule has 0 atom stereocenters. The summed E-state index contributed by atoms with van der Waals surface area (Å²) < 4.78 is 5.64. The van der Waals surface area contributed by atoms with Crippen molar-refractivity contribution >= 4 is 11.5 Å². The number of carbonyl (C=O) groups excluding carboxylic acids is 1. The fourth-order valence-corrected chi connectivity index (χ4v) is 2.29. The second kappa shape index (κ2) is 4.76. The van der Waals surface area contributed by atoms with Gasteiger partial charge in [-0.1, -0.05) is 29.8 Å². The first kappa shape index (κ1) is 11.8. The third kappa shape index (κ3) is 2.19. The molecule has 2 aromatic carbocycles. The summed E-state index contributed by atoms with van der Waals surface area (Å²) in [7, 11) is 0. The van der Waals surface area contributed by atoms with Gasteiger partial charge in [0, 0.05) is 12.1 Å². The van der Waals surface area contributed by atoms with Gasteiger partial charge in [0.15, 0.2) is 11.5 Å². The van der Waals surface area contributed by atoms with E-state index in [1.807, 2.05) is 49.4 Å². The molecule has 0 saturated carbocycles. The van der Waals surface area contributed by atoms with E-state index in [2.05, 4.69) is 5.32 Å². The third-order valence-corrected chi connectivity index (χ3v) is 3.20.